The van der Waals surface area contributed by atoms with Crippen molar-refractivity contribution in [2.75, 3.05) is 0 Å². The molecule has 3 rings (SSSR count). The van der Waals surface area contributed by atoms with Crippen LogP contribution in [0.2, 0.25) is 0 Å². The molecular formula is C19H17F2N3O2. The first-order chi connectivity index (χ1) is 12.5. The third-order valence-corrected chi connectivity index (χ3v) is 3.87. The molecule has 7 heteroatoms. The fourth-order valence-corrected chi connectivity index (χ4v) is 2.45. The fraction of sp³-hybridized carbons (Fsp3) is 0.211. The molecule has 3 aromatic rings. The van der Waals surface area contributed by atoms with Gasteiger partial charge in [-0.1, -0.05) is 24.3 Å². The van der Waals surface area contributed by atoms with E-state index in [0.717, 1.165) is 17.7 Å². The Labute approximate surface area is 149 Å². The van der Waals surface area contributed by atoms with Gasteiger partial charge in [0.25, 0.3) is 0 Å². The molecular weight excluding hydrogens is 340 g/mol. The second kappa shape index (κ2) is 7.86. The second-order valence-corrected chi connectivity index (χ2v) is 5.83. The molecule has 1 unspecified atom stereocenters. The van der Waals surface area contributed by atoms with E-state index in [9.17, 15) is 13.6 Å². The molecule has 0 saturated carbocycles. The highest BCUT2D eigenvalue weighted by Gasteiger charge is 2.14. The Bertz CT molecular complexity index is 897. The number of carbonyl (C=O) groups is 1. The van der Waals surface area contributed by atoms with Gasteiger partial charge < -0.3 is 9.73 Å². The largest absolute Gasteiger partial charge is 0.421 e. The first-order valence-electron chi connectivity index (χ1n) is 8.15. The number of aryl methyl sites for hydroxylation is 1. The second-order valence-electron chi connectivity index (χ2n) is 5.83. The molecule has 2 aromatic carbocycles. The predicted molar refractivity (Wildman–Crippen MR) is 91.0 cm³/mol. The van der Waals surface area contributed by atoms with Crippen LogP contribution in [0.25, 0.3) is 11.5 Å². The number of carbonyl (C=O) groups excluding carboxylic acids is 1. The van der Waals surface area contributed by atoms with Crippen LogP contribution in [0.5, 0.6) is 0 Å². The molecule has 1 heterocycles. The summed E-state index contributed by atoms with van der Waals surface area (Å²) in [4.78, 5) is 12.1. The minimum absolute atomic E-state index is 0.143. The van der Waals surface area contributed by atoms with Crippen LogP contribution in [0.1, 0.15) is 30.8 Å². The summed E-state index contributed by atoms with van der Waals surface area (Å²) in [6.45, 7) is 1.70. The smallest absolute Gasteiger partial charge is 0.247 e. The van der Waals surface area contributed by atoms with Crippen molar-refractivity contribution in [3.8, 4) is 11.5 Å². The van der Waals surface area contributed by atoms with Crippen molar-refractivity contribution in [3.63, 3.8) is 0 Å². The fourth-order valence-electron chi connectivity index (χ4n) is 2.45. The summed E-state index contributed by atoms with van der Waals surface area (Å²) in [5.41, 5.74) is 1.30. The molecule has 0 saturated heterocycles. The van der Waals surface area contributed by atoms with Gasteiger partial charge in [-0.05, 0) is 36.8 Å². The van der Waals surface area contributed by atoms with Gasteiger partial charge in [0.05, 0.1) is 6.04 Å². The van der Waals surface area contributed by atoms with Gasteiger partial charge in [-0.3, -0.25) is 4.79 Å². The highest BCUT2D eigenvalue weighted by atomic mass is 19.2. The van der Waals surface area contributed by atoms with E-state index in [0.29, 0.717) is 17.3 Å². The molecule has 1 amide bonds. The Morgan fingerprint density at radius 1 is 1.12 bits per heavy atom. The summed E-state index contributed by atoms with van der Waals surface area (Å²) in [5, 5.41) is 10.6. The maximum atomic E-state index is 13.3. The summed E-state index contributed by atoms with van der Waals surface area (Å²) in [7, 11) is 0. The standard InChI is InChI=1S/C19H17F2N3O2/c1-12(14-7-8-15(20)16(21)11-14)22-17(25)9-10-18-23-24-19(26-18)13-5-3-2-4-6-13/h2-8,11-12H,9-10H2,1H3,(H,22,25). The molecule has 134 valence electrons. The summed E-state index contributed by atoms with van der Waals surface area (Å²) in [6.07, 6.45) is 0.431. The predicted octanol–water partition coefficient (Wildman–Crippen LogP) is 3.82. The zero-order chi connectivity index (χ0) is 18.5. The van der Waals surface area contributed by atoms with E-state index >= 15 is 0 Å². The molecule has 1 atom stereocenters. The van der Waals surface area contributed by atoms with Gasteiger partial charge in [0.1, 0.15) is 0 Å². The van der Waals surface area contributed by atoms with Crippen molar-refractivity contribution in [2.45, 2.75) is 25.8 Å². The monoisotopic (exact) mass is 357 g/mol. The summed E-state index contributed by atoms with van der Waals surface area (Å²) in [5.74, 6) is -1.35. The number of rotatable bonds is 6. The molecule has 0 aliphatic carbocycles. The summed E-state index contributed by atoms with van der Waals surface area (Å²) in [6, 6.07) is 12.4. The van der Waals surface area contributed by atoms with Crippen molar-refractivity contribution < 1.29 is 18.0 Å². The van der Waals surface area contributed by atoms with Crippen LogP contribution in [0, 0.1) is 11.6 Å². The quantitative estimate of drug-likeness (QED) is 0.728. The lowest BCUT2D eigenvalue weighted by Gasteiger charge is -2.14. The number of hydrogen-bond acceptors (Lipinski definition) is 4. The van der Waals surface area contributed by atoms with Crippen LogP contribution in [0.15, 0.2) is 52.9 Å². The van der Waals surface area contributed by atoms with Gasteiger partial charge in [-0.2, -0.15) is 0 Å². The first kappa shape index (κ1) is 17.7. The zero-order valence-electron chi connectivity index (χ0n) is 14.1. The molecule has 1 aromatic heterocycles. The van der Waals surface area contributed by atoms with E-state index in [1.807, 2.05) is 30.3 Å². The van der Waals surface area contributed by atoms with Crippen LogP contribution in [0.3, 0.4) is 0 Å². The van der Waals surface area contributed by atoms with Crippen molar-refractivity contribution in [1.82, 2.24) is 15.5 Å². The molecule has 0 fully saturated rings. The molecule has 0 radical (unpaired) electrons. The van der Waals surface area contributed by atoms with E-state index in [1.165, 1.54) is 6.07 Å². The van der Waals surface area contributed by atoms with Gasteiger partial charge in [0, 0.05) is 18.4 Å². The minimum atomic E-state index is -0.942. The maximum absolute atomic E-state index is 13.3. The average molecular weight is 357 g/mol. The van der Waals surface area contributed by atoms with E-state index in [-0.39, 0.29) is 18.7 Å². The summed E-state index contributed by atoms with van der Waals surface area (Å²) < 4.78 is 31.8. The van der Waals surface area contributed by atoms with E-state index in [2.05, 4.69) is 15.5 Å². The van der Waals surface area contributed by atoms with Gasteiger partial charge >= 0.3 is 0 Å². The zero-order valence-corrected chi connectivity index (χ0v) is 14.1. The van der Waals surface area contributed by atoms with Gasteiger partial charge in [0.15, 0.2) is 11.6 Å². The van der Waals surface area contributed by atoms with Crippen LogP contribution in [-0.2, 0) is 11.2 Å². The van der Waals surface area contributed by atoms with Gasteiger partial charge in [-0.15, -0.1) is 10.2 Å². The number of benzene rings is 2. The first-order valence-corrected chi connectivity index (χ1v) is 8.15. The normalized spacial score (nSPS) is 12.0. The van der Waals surface area contributed by atoms with Crippen molar-refractivity contribution in [3.05, 3.63) is 71.6 Å². The Kier molecular flexibility index (Phi) is 5.36. The van der Waals surface area contributed by atoms with Crippen molar-refractivity contribution >= 4 is 5.91 Å². The molecule has 0 aliphatic heterocycles. The van der Waals surface area contributed by atoms with Gasteiger partial charge in [0.2, 0.25) is 17.7 Å². The Hall–Kier alpha value is -3.09. The maximum Gasteiger partial charge on any atom is 0.247 e. The molecule has 0 bridgehead atoms. The highest BCUT2D eigenvalue weighted by molar-refractivity contribution is 5.76. The lowest BCUT2D eigenvalue weighted by atomic mass is 10.1. The average Bonchev–Trinajstić information content (AvgIpc) is 3.12. The van der Waals surface area contributed by atoms with Crippen molar-refractivity contribution in [2.24, 2.45) is 0 Å². The number of aromatic nitrogens is 2. The molecule has 5 nitrogen and oxygen atoms in total. The third kappa shape index (κ3) is 4.30. The third-order valence-electron chi connectivity index (χ3n) is 3.87. The van der Waals surface area contributed by atoms with E-state index in [1.54, 1.807) is 6.92 Å². The Balaban J connectivity index is 1.54. The lowest BCUT2D eigenvalue weighted by Crippen LogP contribution is -2.27. The van der Waals surface area contributed by atoms with Crippen LogP contribution in [-0.4, -0.2) is 16.1 Å². The molecule has 1 N–H and O–H groups in total. The summed E-state index contributed by atoms with van der Waals surface area (Å²) >= 11 is 0. The minimum Gasteiger partial charge on any atom is -0.421 e. The number of halogens is 2. The number of hydrogen-bond donors (Lipinski definition) is 1. The molecule has 0 spiro atoms. The topological polar surface area (TPSA) is 68.0 Å². The van der Waals surface area contributed by atoms with Gasteiger partial charge in [-0.25, -0.2) is 8.78 Å². The lowest BCUT2D eigenvalue weighted by molar-refractivity contribution is -0.121. The van der Waals surface area contributed by atoms with Crippen LogP contribution >= 0.6 is 0 Å². The SMILES string of the molecule is CC(NC(=O)CCc1nnc(-c2ccccc2)o1)c1ccc(F)c(F)c1. The number of nitrogens with zero attached hydrogens (tertiary/aromatic N) is 2. The number of nitrogens with one attached hydrogen (secondary N) is 1. The molecule has 26 heavy (non-hydrogen) atoms. The highest BCUT2D eigenvalue weighted by Crippen LogP contribution is 2.18. The van der Waals surface area contributed by atoms with Crippen LogP contribution < -0.4 is 5.32 Å². The Morgan fingerprint density at radius 2 is 1.88 bits per heavy atom. The van der Waals surface area contributed by atoms with Crippen molar-refractivity contribution in [1.29, 1.82) is 0 Å². The van der Waals surface area contributed by atoms with E-state index in [4.69, 9.17) is 4.42 Å². The van der Waals surface area contributed by atoms with E-state index < -0.39 is 17.7 Å². The van der Waals surface area contributed by atoms with Crippen LogP contribution in [0.4, 0.5) is 8.78 Å². The molecule has 0 aliphatic rings. The Morgan fingerprint density at radius 3 is 2.62 bits per heavy atom. The number of amides is 1.